The van der Waals surface area contributed by atoms with Crippen LogP contribution in [-0.2, 0) is 9.59 Å². The van der Waals surface area contributed by atoms with Crippen LogP contribution in [0.2, 0.25) is 0 Å². The molecule has 0 saturated heterocycles. The molecular formula is C10H17NO2. The van der Waals surface area contributed by atoms with Crippen molar-refractivity contribution >= 4 is 17.3 Å². The summed E-state index contributed by atoms with van der Waals surface area (Å²) in [6.07, 6.45) is 1.27. The third-order valence-electron chi connectivity index (χ3n) is 2.06. The quantitative estimate of drug-likeness (QED) is 0.480. The summed E-state index contributed by atoms with van der Waals surface area (Å²) in [7, 11) is 1.56. The van der Waals surface area contributed by atoms with Gasteiger partial charge < -0.3 is 0 Å². The summed E-state index contributed by atoms with van der Waals surface area (Å²) in [5.74, 6) is -0.667. The SMILES string of the molecule is CCCC(=O)C(C)C(=O)C(C)=NC. The van der Waals surface area contributed by atoms with Gasteiger partial charge in [-0.15, -0.1) is 0 Å². The Balaban J connectivity index is 4.34. The van der Waals surface area contributed by atoms with E-state index in [1.807, 2.05) is 6.92 Å². The van der Waals surface area contributed by atoms with Crippen molar-refractivity contribution in [1.29, 1.82) is 0 Å². The zero-order chi connectivity index (χ0) is 10.4. The molecule has 3 nitrogen and oxygen atoms in total. The number of aliphatic imine (C=N–C) groups is 1. The zero-order valence-corrected chi connectivity index (χ0v) is 8.76. The molecule has 0 bridgehead atoms. The summed E-state index contributed by atoms with van der Waals surface area (Å²) in [5, 5.41) is 0. The van der Waals surface area contributed by atoms with Crippen molar-refractivity contribution in [3.8, 4) is 0 Å². The lowest BCUT2D eigenvalue weighted by Gasteiger charge is -2.07. The molecule has 0 aliphatic carbocycles. The molecule has 0 N–H and O–H groups in total. The van der Waals surface area contributed by atoms with Crippen LogP contribution in [0.1, 0.15) is 33.6 Å². The lowest BCUT2D eigenvalue weighted by Crippen LogP contribution is -2.26. The smallest absolute Gasteiger partial charge is 0.186 e. The Hall–Kier alpha value is -0.990. The van der Waals surface area contributed by atoms with Crippen LogP contribution in [0.4, 0.5) is 0 Å². The van der Waals surface area contributed by atoms with Gasteiger partial charge in [0.15, 0.2) is 5.78 Å². The third-order valence-corrected chi connectivity index (χ3v) is 2.06. The first kappa shape index (κ1) is 12.0. The molecular weight excluding hydrogens is 166 g/mol. The van der Waals surface area contributed by atoms with Gasteiger partial charge in [0.2, 0.25) is 0 Å². The molecule has 0 aliphatic rings. The molecule has 13 heavy (non-hydrogen) atoms. The summed E-state index contributed by atoms with van der Waals surface area (Å²) in [4.78, 5) is 26.5. The van der Waals surface area contributed by atoms with Crippen LogP contribution >= 0.6 is 0 Å². The normalized spacial score (nSPS) is 14.0. The van der Waals surface area contributed by atoms with Gasteiger partial charge in [-0.25, -0.2) is 0 Å². The van der Waals surface area contributed by atoms with Crippen molar-refractivity contribution in [2.24, 2.45) is 10.9 Å². The number of hydrogen-bond donors (Lipinski definition) is 0. The van der Waals surface area contributed by atoms with Gasteiger partial charge in [-0.05, 0) is 20.3 Å². The van der Waals surface area contributed by atoms with E-state index < -0.39 is 5.92 Å². The third kappa shape index (κ3) is 3.49. The number of carbonyl (C=O) groups is 2. The van der Waals surface area contributed by atoms with Crippen LogP contribution < -0.4 is 0 Å². The second-order valence-electron chi connectivity index (χ2n) is 3.11. The summed E-state index contributed by atoms with van der Waals surface area (Å²) >= 11 is 0. The predicted molar refractivity (Wildman–Crippen MR) is 53.1 cm³/mol. The van der Waals surface area contributed by atoms with Crippen molar-refractivity contribution in [3.63, 3.8) is 0 Å². The standard InChI is InChI=1S/C10H17NO2/c1-5-6-9(12)7(2)10(13)8(3)11-4/h7H,5-6H2,1-4H3. The Bertz CT molecular complexity index is 231. The van der Waals surface area contributed by atoms with Gasteiger partial charge >= 0.3 is 0 Å². The van der Waals surface area contributed by atoms with E-state index in [4.69, 9.17) is 0 Å². The maximum absolute atomic E-state index is 11.4. The molecule has 0 spiro atoms. The van der Waals surface area contributed by atoms with Crippen molar-refractivity contribution in [2.75, 3.05) is 7.05 Å². The van der Waals surface area contributed by atoms with Gasteiger partial charge in [-0.3, -0.25) is 14.6 Å². The molecule has 0 aromatic heterocycles. The molecule has 74 valence electrons. The Labute approximate surface area is 79.2 Å². The van der Waals surface area contributed by atoms with E-state index in [0.29, 0.717) is 12.1 Å². The maximum Gasteiger partial charge on any atom is 0.186 e. The van der Waals surface area contributed by atoms with Crippen molar-refractivity contribution < 1.29 is 9.59 Å². The second kappa shape index (κ2) is 5.62. The van der Waals surface area contributed by atoms with Crippen LogP contribution in [0.25, 0.3) is 0 Å². The molecule has 0 amide bonds. The predicted octanol–water partition coefficient (Wildman–Crippen LogP) is 1.65. The number of Topliss-reactive ketones (excluding diaryl/α,β-unsaturated/α-hetero) is 2. The summed E-state index contributed by atoms with van der Waals surface area (Å²) < 4.78 is 0. The molecule has 0 aromatic rings. The van der Waals surface area contributed by atoms with E-state index in [2.05, 4.69) is 4.99 Å². The van der Waals surface area contributed by atoms with Gasteiger partial charge in [0, 0.05) is 13.5 Å². The molecule has 0 heterocycles. The van der Waals surface area contributed by atoms with Gasteiger partial charge in [0.05, 0.1) is 11.6 Å². The first-order chi connectivity index (χ1) is 6.04. The Kier molecular flexibility index (Phi) is 5.19. The Morgan fingerprint density at radius 2 is 1.92 bits per heavy atom. The minimum Gasteiger partial charge on any atom is -0.299 e. The van der Waals surface area contributed by atoms with Crippen LogP contribution in [-0.4, -0.2) is 24.3 Å². The Morgan fingerprint density at radius 3 is 2.31 bits per heavy atom. The number of hydrogen-bond acceptors (Lipinski definition) is 3. The van der Waals surface area contributed by atoms with Gasteiger partial charge in [-0.1, -0.05) is 6.92 Å². The zero-order valence-electron chi connectivity index (χ0n) is 8.76. The highest BCUT2D eigenvalue weighted by atomic mass is 16.2. The largest absolute Gasteiger partial charge is 0.299 e. The van der Waals surface area contributed by atoms with E-state index in [9.17, 15) is 9.59 Å². The van der Waals surface area contributed by atoms with Gasteiger partial charge in [-0.2, -0.15) is 0 Å². The maximum atomic E-state index is 11.4. The van der Waals surface area contributed by atoms with Crippen LogP contribution in [0.5, 0.6) is 0 Å². The highest BCUT2D eigenvalue weighted by Crippen LogP contribution is 2.05. The van der Waals surface area contributed by atoms with E-state index in [1.54, 1.807) is 20.9 Å². The number of ketones is 2. The van der Waals surface area contributed by atoms with E-state index >= 15 is 0 Å². The summed E-state index contributed by atoms with van der Waals surface area (Å²) in [5.41, 5.74) is 0.428. The highest BCUT2D eigenvalue weighted by Gasteiger charge is 2.21. The first-order valence-electron chi connectivity index (χ1n) is 4.54. The average molecular weight is 183 g/mol. The molecule has 0 fully saturated rings. The van der Waals surface area contributed by atoms with E-state index in [0.717, 1.165) is 6.42 Å². The fourth-order valence-corrected chi connectivity index (χ4v) is 1.03. The lowest BCUT2D eigenvalue weighted by molar-refractivity contribution is -0.128. The molecule has 0 radical (unpaired) electrons. The number of carbonyl (C=O) groups excluding carboxylic acids is 2. The van der Waals surface area contributed by atoms with Crippen LogP contribution in [0.3, 0.4) is 0 Å². The van der Waals surface area contributed by atoms with Crippen LogP contribution in [0, 0.1) is 5.92 Å². The molecule has 0 saturated carbocycles. The molecule has 0 rings (SSSR count). The van der Waals surface area contributed by atoms with Crippen LogP contribution in [0.15, 0.2) is 4.99 Å². The minimum absolute atomic E-state index is 0.00972. The first-order valence-corrected chi connectivity index (χ1v) is 4.54. The second-order valence-corrected chi connectivity index (χ2v) is 3.11. The fourth-order valence-electron chi connectivity index (χ4n) is 1.03. The van der Waals surface area contributed by atoms with Gasteiger partial charge in [0.1, 0.15) is 5.78 Å². The van der Waals surface area contributed by atoms with Crippen molar-refractivity contribution in [1.82, 2.24) is 0 Å². The summed E-state index contributed by atoms with van der Waals surface area (Å²) in [6.45, 7) is 5.21. The molecule has 1 unspecified atom stereocenters. The minimum atomic E-state index is -0.524. The van der Waals surface area contributed by atoms with E-state index in [1.165, 1.54) is 0 Å². The van der Waals surface area contributed by atoms with E-state index in [-0.39, 0.29) is 11.6 Å². The monoisotopic (exact) mass is 183 g/mol. The average Bonchev–Trinajstić information content (AvgIpc) is 2.14. The molecule has 0 aromatic carbocycles. The number of nitrogens with zero attached hydrogens (tertiary/aromatic N) is 1. The Morgan fingerprint density at radius 1 is 1.38 bits per heavy atom. The van der Waals surface area contributed by atoms with Crippen molar-refractivity contribution in [2.45, 2.75) is 33.6 Å². The molecule has 3 heteroatoms. The number of rotatable bonds is 5. The van der Waals surface area contributed by atoms with Crippen molar-refractivity contribution in [3.05, 3.63) is 0 Å². The fraction of sp³-hybridized carbons (Fsp3) is 0.700. The van der Waals surface area contributed by atoms with Gasteiger partial charge in [0.25, 0.3) is 0 Å². The topological polar surface area (TPSA) is 46.5 Å². The highest BCUT2D eigenvalue weighted by molar-refractivity contribution is 6.42. The summed E-state index contributed by atoms with van der Waals surface area (Å²) in [6, 6.07) is 0. The molecule has 1 atom stereocenters. The molecule has 0 aliphatic heterocycles. The lowest BCUT2D eigenvalue weighted by atomic mass is 9.95.